The highest BCUT2D eigenvalue weighted by Gasteiger charge is 2.21. The highest BCUT2D eigenvalue weighted by Crippen LogP contribution is 2.12. The van der Waals surface area contributed by atoms with Crippen molar-refractivity contribution in [3.05, 3.63) is 71.8 Å². The zero-order valence-corrected chi connectivity index (χ0v) is 22.8. The van der Waals surface area contributed by atoms with Gasteiger partial charge in [-0.3, -0.25) is 14.4 Å². The number of carbonyl (C=O) groups excluding carboxylic acids is 3. The van der Waals surface area contributed by atoms with Crippen LogP contribution in [0.25, 0.3) is 0 Å². The molecule has 0 aliphatic rings. The van der Waals surface area contributed by atoms with Crippen LogP contribution in [0.1, 0.15) is 20.8 Å². The quantitative estimate of drug-likeness (QED) is 0.118. The number of hydrogen-bond donors (Lipinski definition) is 9. The van der Waals surface area contributed by atoms with Crippen molar-refractivity contribution in [2.75, 3.05) is 16.0 Å². The normalized spacial score (nSPS) is 9.79. The molecule has 3 amide bonds. The first-order valence-electron chi connectivity index (χ1n) is 11.9. The molecule has 3 aromatic rings. The molecule has 228 valence electrons. The Labute approximate surface area is 243 Å². The van der Waals surface area contributed by atoms with Crippen molar-refractivity contribution in [3.8, 4) is 0 Å². The molecule has 43 heavy (non-hydrogen) atoms. The molecule has 3 rings (SSSR count). The molecule has 0 atom stereocenters. The second-order valence-electron chi connectivity index (χ2n) is 8.50. The minimum Gasteiger partial charge on any atom is -0.423 e. The van der Waals surface area contributed by atoms with E-state index in [1.807, 2.05) is 0 Å². The molecule has 3 aromatic carbocycles. The molecule has 0 aliphatic heterocycles. The summed E-state index contributed by atoms with van der Waals surface area (Å²) in [5, 5.41) is 59.4. The van der Waals surface area contributed by atoms with Gasteiger partial charge in [-0.05, 0) is 41.9 Å². The third-order valence-corrected chi connectivity index (χ3v) is 4.85. The fourth-order valence-electron chi connectivity index (χ4n) is 3.09. The number of halogens is 4. The Morgan fingerprint density at radius 1 is 0.558 bits per heavy atom. The van der Waals surface area contributed by atoms with Crippen molar-refractivity contribution >= 4 is 72.5 Å². The van der Waals surface area contributed by atoms with Gasteiger partial charge in [0, 0.05) is 49.1 Å². The average molecular weight is 609 g/mol. The number of amides is 3. The number of hydrogen-bond acceptors (Lipinski definition) is 9. The third kappa shape index (κ3) is 12.6. The molecule has 0 spiro atoms. The van der Waals surface area contributed by atoms with Crippen LogP contribution in [-0.4, -0.2) is 69.2 Å². The van der Waals surface area contributed by atoms with Gasteiger partial charge >= 0.3 is 21.4 Å². The van der Waals surface area contributed by atoms with Crippen LogP contribution >= 0.6 is 0 Å². The van der Waals surface area contributed by atoms with Gasteiger partial charge < -0.3 is 46.1 Å². The molecule has 19 heteroatoms. The maximum atomic E-state index is 13.0. The van der Waals surface area contributed by atoms with E-state index < -0.39 is 61.9 Å². The lowest BCUT2D eigenvalue weighted by atomic mass is 9.79. The molecular weight excluding hydrogens is 583 g/mol. The van der Waals surface area contributed by atoms with Crippen LogP contribution in [0.15, 0.2) is 48.5 Å². The van der Waals surface area contributed by atoms with Crippen molar-refractivity contribution in [3.63, 3.8) is 0 Å². The summed E-state index contributed by atoms with van der Waals surface area (Å²) >= 11 is 0. The second kappa shape index (κ2) is 17.0. The van der Waals surface area contributed by atoms with E-state index in [1.54, 1.807) is 0 Å². The number of nitrogens with one attached hydrogen (secondary N) is 3. The van der Waals surface area contributed by atoms with Gasteiger partial charge in [-0.2, -0.15) is 0 Å². The van der Waals surface area contributed by atoms with Gasteiger partial charge in [0.2, 0.25) is 17.7 Å². The summed E-state index contributed by atoms with van der Waals surface area (Å²) in [6.07, 6.45) is 0. The highest BCUT2D eigenvalue weighted by molar-refractivity contribution is 6.59. The van der Waals surface area contributed by atoms with E-state index in [-0.39, 0.29) is 28.2 Å². The summed E-state index contributed by atoms with van der Waals surface area (Å²) < 4.78 is 51.8. The van der Waals surface area contributed by atoms with Crippen LogP contribution in [0.3, 0.4) is 0 Å². The number of carbonyl (C=O) groups is 3. The van der Waals surface area contributed by atoms with Crippen molar-refractivity contribution in [2.24, 2.45) is 0 Å². The molecule has 9 N–H and O–H groups in total. The predicted octanol–water partition coefficient (Wildman–Crippen LogP) is -1.47. The molecule has 0 saturated heterocycles. The van der Waals surface area contributed by atoms with E-state index >= 15 is 0 Å². The Balaban J connectivity index is 0.000000323. The van der Waals surface area contributed by atoms with Crippen molar-refractivity contribution in [2.45, 2.75) is 20.8 Å². The summed E-state index contributed by atoms with van der Waals surface area (Å²) in [7, 11) is -5.69. The van der Waals surface area contributed by atoms with Crippen molar-refractivity contribution in [1.29, 1.82) is 0 Å². The minimum absolute atomic E-state index is 0.0375. The van der Waals surface area contributed by atoms with Crippen LogP contribution in [0.4, 0.5) is 34.6 Å². The first-order chi connectivity index (χ1) is 19.9. The van der Waals surface area contributed by atoms with E-state index in [4.69, 9.17) is 30.1 Å². The van der Waals surface area contributed by atoms with Crippen LogP contribution in [0, 0.1) is 23.3 Å². The molecule has 0 radical (unpaired) electrons. The third-order valence-electron chi connectivity index (χ3n) is 4.85. The topological polar surface area (TPSA) is 209 Å². The number of rotatable bonds is 6. The summed E-state index contributed by atoms with van der Waals surface area (Å²) in [6.45, 7) is 3.73. The largest absolute Gasteiger partial charge is 0.491 e. The predicted molar refractivity (Wildman–Crippen MR) is 152 cm³/mol. The molecule has 0 bridgehead atoms. The number of anilines is 3. The summed E-state index contributed by atoms with van der Waals surface area (Å²) in [6, 6.07) is 8.71. The highest BCUT2D eigenvalue weighted by atomic mass is 19.2. The molecule has 0 fully saturated rings. The maximum absolute atomic E-state index is 13.0. The van der Waals surface area contributed by atoms with E-state index in [0.29, 0.717) is 5.69 Å². The Kier molecular flexibility index (Phi) is 14.5. The maximum Gasteiger partial charge on any atom is 0.491 e. The van der Waals surface area contributed by atoms with Gasteiger partial charge in [-0.1, -0.05) is 6.07 Å². The van der Waals surface area contributed by atoms with Gasteiger partial charge in [0.15, 0.2) is 11.6 Å². The Bertz CT molecular complexity index is 1450. The average Bonchev–Trinajstić information content (AvgIpc) is 2.88. The van der Waals surface area contributed by atoms with Crippen LogP contribution < -0.4 is 32.3 Å². The molecule has 0 unspecified atom stereocenters. The lowest BCUT2D eigenvalue weighted by molar-refractivity contribution is -0.115. The van der Waals surface area contributed by atoms with Gasteiger partial charge in [0.05, 0.1) is 5.69 Å². The van der Waals surface area contributed by atoms with E-state index in [0.717, 1.165) is 24.3 Å². The zero-order valence-electron chi connectivity index (χ0n) is 22.8. The lowest BCUT2D eigenvalue weighted by Crippen LogP contribution is -2.34. The van der Waals surface area contributed by atoms with Crippen LogP contribution in [-0.2, 0) is 14.4 Å². The molecule has 0 saturated carbocycles. The minimum atomic E-state index is -2.13. The van der Waals surface area contributed by atoms with Crippen molar-refractivity contribution < 1.29 is 62.1 Å². The lowest BCUT2D eigenvalue weighted by Gasteiger charge is -2.07. The molecule has 0 heterocycles. The Morgan fingerprint density at radius 2 is 1.05 bits per heavy atom. The van der Waals surface area contributed by atoms with E-state index in [9.17, 15) is 31.9 Å². The first-order valence-corrected chi connectivity index (χ1v) is 11.9. The fourth-order valence-corrected chi connectivity index (χ4v) is 3.09. The summed E-state index contributed by atoms with van der Waals surface area (Å²) in [5.74, 6) is -5.16. The smallest absolute Gasteiger partial charge is 0.423 e. The van der Waals surface area contributed by atoms with Crippen molar-refractivity contribution in [1.82, 2.24) is 0 Å². The van der Waals surface area contributed by atoms with Gasteiger partial charge in [-0.25, -0.2) is 17.6 Å². The van der Waals surface area contributed by atoms with Gasteiger partial charge in [0.1, 0.15) is 11.6 Å². The molecule has 0 aromatic heterocycles. The van der Waals surface area contributed by atoms with E-state index in [1.165, 1.54) is 45.0 Å². The second-order valence-corrected chi connectivity index (χ2v) is 8.50. The van der Waals surface area contributed by atoms with Crippen LogP contribution in [0.5, 0.6) is 0 Å². The fraction of sp³-hybridized carbons (Fsp3) is 0.125. The number of benzene rings is 3. The van der Waals surface area contributed by atoms with Gasteiger partial charge in [0.25, 0.3) is 0 Å². The van der Waals surface area contributed by atoms with Gasteiger partial charge in [-0.15, -0.1) is 0 Å². The summed E-state index contributed by atoms with van der Waals surface area (Å²) in [5.41, 5.74) is -0.556. The SMILES string of the molecule is CC(=O)Nc1cc(B(O)O)ccc1F.CC(=O)Nc1cc(F)c(F)c(B(O)O)c1.CC(=O)Nc1ccc(F)c(B(O)O)c1. The first kappa shape index (κ1) is 36.8. The van der Waals surface area contributed by atoms with Crippen LogP contribution in [0.2, 0.25) is 0 Å². The Hall–Kier alpha value is -4.26. The molecule has 0 aliphatic carbocycles. The molecular formula is C24H26B3F4N3O9. The molecule has 12 nitrogen and oxygen atoms in total. The van der Waals surface area contributed by atoms with E-state index in [2.05, 4.69) is 16.0 Å². The standard InChI is InChI=1S/C8H8BF2NO3.2C8H9BFNO3/c1-4(13)12-5-2-6(9(14)15)8(11)7(10)3-5;1-5(12)11-6-2-3-8(10)7(4-6)9(13)14;1-5(12)11-8-4-6(9(13)14)2-3-7(8)10/h2-3,14-15H,1H3,(H,12,13);2*2-4,13-14H,1H3,(H,11,12). The monoisotopic (exact) mass is 609 g/mol. The Morgan fingerprint density at radius 3 is 1.53 bits per heavy atom. The zero-order chi connectivity index (χ0) is 33.0. The summed E-state index contributed by atoms with van der Waals surface area (Å²) in [4.78, 5) is 31.9.